The monoisotopic (exact) mass is 819 g/mol. The minimum absolute atomic E-state index is 0.0870. The van der Waals surface area contributed by atoms with Gasteiger partial charge in [-0.15, -0.1) is 0 Å². The van der Waals surface area contributed by atoms with E-state index in [1.54, 1.807) is 0 Å². The molecule has 0 saturated carbocycles. The van der Waals surface area contributed by atoms with Crippen LogP contribution in [0.5, 0.6) is 0 Å². The number of para-hydroxylation sites is 2. The minimum Gasteiger partial charge on any atom is -0.361 e. The number of likely N-dealkylation sites (N-methyl/N-ethyl adjacent to an activating group) is 1. The van der Waals surface area contributed by atoms with E-state index in [9.17, 15) is 18.0 Å². The van der Waals surface area contributed by atoms with Gasteiger partial charge in [0, 0.05) is 82.7 Å². The lowest BCUT2D eigenvalue weighted by Gasteiger charge is -2.38. The maximum absolute atomic E-state index is 14.2. The average molecular weight is 820 g/mol. The number of nitrogens with one attached hydrogen (secondary N) is 2. The number of aromatic nitrogens is 2. The molecule has 0 unspecified atom stereocenters. The van der Waals surface area contributed by atoms with Crippen molar-refractivity contribution in [2.24, 2.45) is 0 Å². The zero-order valence-electron chi connectivity index (χ0n) is 34.1. The molecular formula is C41H57N5O7SSi2. The van der Waals surface area contributed by atoms with Crippen molar-refractivity contribution in [1.82, 2.24) is 24.1 Å². The van der Waals surface area contributed by atoms with Crippen LogP contribution in [-0.2, 0) is 47.1 Å². The Hall–Kier alpha value is -3.42. The predicted octanol–water partition coefficient (Wildman–Crippen LogP) is 5.94. The van der Waals surface area contributed by atoms with Crippen LogP contribution in [-0.4, -0.2) is 106 Å². The first kappa shape index (κ1) is 40.8. The van der Waals surface area contributed by atoms with Crippen molar-refractivity contribution < 1.29 is 32.2 Å². The Morgan fingerprint density at radius 1 is 0.821 bits per heavy atom. The first-order chi connectivity index (χ1) is 26.2. The molecule has 302 valence electrons. The van der Waals surface area contributed by atoms with E-state index in [-0.39, 0.29) is 23.6 Å². The summed E-state index contributed by atoms with van der Waals surface area (Å²) in [6, 6.07) is 16.8. The predicted molar refractivity (Wildman–Crippen MR) is 227 cm³/mol. The molecule has 3 aliphatic heterocycles. The third-order valence-corrected chi connectivity index (χ3v) is 16.3. The molecule has 15 heteroatoms. The number of sulfonamides is 1. The van der Waals surface area contributed by atoms with Crippen molar-refractivity contribution in [3.63, 3.8) is 0 Å². The SMILES string of the molecule is CN1C(=O)C(c2cn(COCC[Si](C)(C)C)c3ccccc23)=C(c2cn(C[C@@H]3NC[C@H](NS(=O)(=O)CC[Si](C)(C)C)[C@H]4OC(C)(C)O[C@@H]43)c3ccccc23)C1=O. The van der Waals surface area contributed by atoms with Gasteiger partial charge in [-0.2, -0.15) is 0 Å². The van der Waals surface area contributed by atoms with E-state index >= 15 is 0 Å². The van der Waals surface area contributed by atoms with Gasteiger partial charge < -0.3 is 28.7 Å². The number of carbonyl (C=O) groups is 2. The van der Waals surface area contributed by atoms with E-state index < -0.39 is 50.2 Å². The summed E-state index contributed by atoms with van der Waals surface area (Å²) in [5.74, 6) is -1.53. The molecular weight excluding hydrogens is 763 g/mol. The van der Waals surface area contributed by atoms with E-state index in [1.165, 1.54) is 11.9 Å². The largest absolute Gasteiger partial charge is 0.361 e. The third-order valence-electron chi connectivity index (χ3n) is 11.0. The highest BCUT2D eigenvalue weighted by atomic mass is 32.2. The molecule has 3 aliphatic rings. The lowest BCUT2D eigenvalue weighted by Crippen LogP contribution is -2.64. The Kier molecular flexibility index (Phi) is 11.0. The molecule has 0 bridgehead atoms. The van der Waals surface area contributed by atoms with Gasteiger partial charge in [0.15, 0.2) is 5.79 Å². The number of carbonyl (C=O) groups excluding carboxylic acids is 2. The van der Waals surface area contributed by atoms with Gasteiger partial charge >= 0.3 is 0 Å². The molecule has 2 fully saturated rings. The molecule has 7 rings (SSSR count). The van der Waals surface area contributed by atoms with Gasteiger partial charge in [-0.05, 0) is 38.1 Å². The molecule has 2 aromatic carbocycles. The van der Waals surface area contributed by atoms with E-state index in [1.807, 2.05) is 79.3 Å². The quantitative estimate of drug-likeness (QED) is 0.0909. The maximum Gasteiger partial charge on any atom is 0.261 e. The Bertz CT molecular complexity index is 2300. The zero-order chi connectivity index (χ0) is 40.4. The van der Waals surface area contributed by atoms with Crippen molar-refractivity contribution in [1.29, 1.82) is 0 Å². The van der Waals surface area contributed by atoms with Crippen molar-refractivity contribution in [2.75, 3.05) is 26.0 Å². The summed E-state index contributed by atoms with van der Waals surface area (Å²) in [5, 5.41) is 5.30. The summed E-state index contributed by atoms with van der Waals surface area (Å²) >= 11 is 0. The first-order valence-corrected chi connectivity index (χ1v) is 28.7. The maximum atomic E-state index is 14.2. The molecule has 56 heavy (non-hydrogen) atoms. The van der Waals surface area contributed by atoms with E-state index in [4.69, 9.17) is 14.2 Å². The molecule has 2 amide bonds. The van der Waals surface area contributed by atoms with Crippen LogP contribution in [0.1, 0.15) is 25.0 Å². The Balaban J connectivity index is 1.23. The third kappa shape index (κ3) is 8.41. The number of nitrogens with zero attached hydrogens (tertiary/aromatic N) is 3. The van der Waals surface area contributed by atoms with Crippen LogP contribution in [0.2, 0.25) is 51.4 Å². The number of imide groups is 1. The molecule has 4 atom stereocenters. The molecule has 0 radical (unpaired) electrons. The Morgan fingerprint density at radius 2 is 1.36 bits per heavy atom. The lowest BCUT2D eigenvalue weighted by molar-refractivity contribution is -0.148. The first-order valence-electron chi connectivity index (χ1n) is 19.6. The van der Waals surface area contributed by atoms with Crippen molar-refractivity contribution in [2.45, 2.75) is 109 Å². The van der Waals surface area contributed by atoms with Crippen LogP contribution in [0.15, 0.2) is 60.9 Å². The fourth-order valence-electron chi connectivity index (χ4n) is 8.00. The highest BCUT2D eigenvalue weighted by molar-refractivity contribution is 7.89. The standard InChI is InChI=1S/C41H57N5O7SSi2/c1-41(2)52-37-31(43-54(49,50)19-21-56(7,8)9)22-42-32(38(37)53-41)25-45-23-29(27-14-10-12-16-33(27)45)35-36(40(48)44(3)39(35)47)30-24-46(26-51-18-20-55(4,5)6)34-17-13-11-15-28(30)34/h10-17,23-24,31-32,37-38,42-43H,18-22,25-26H2,1-9H3/t31-,32-,37+,38+/m0/s1. The van der Waals surface area contributed by atoms with Crippen molar-refractivity contribution >= 4 is 70.9 Å². The zero-order valence-corrected chi connectivity index (χ0v) is 37.0. The van der Waals surface area contributed by atoms with Crippen molar-refractivity contribution in [3.05, 3.63) is 72.1 Å². The number of ether oxygens (including phenoxy) is 3. The lowest BCUT2D eigenvalue weighted by atomic mass is 9.94. The number of amides is 2. The second-order valence-corrected chi connectivity index (χ2v) is 31.6. The highest BCUT2D eigenvalue weighted by Gasteiger charge is 2.52. The smallest absolute Gasteiger partial charge is 0.261 e. The summed E-state index contributed by atoms with van der Waals surface area (Å²) in [6.07, 6.45) is 2.95. The van der Waals surface area contributed by atoms with Gasteiger partial charge in [-0.1, -0.05) is 75.7 Å². The number of rotatable bonds is 14. The summed E-state index contributed by atoms with van der Waals surface area (Å²) < 4.78 is 52.5. The highest BCUT2D eigenvalue weighted by Crippen LogP contribution is 2.42. The van der Waals surface area contributed by atoms with Gasteiger partial charge in [0.05, 0.1) is 34.5 Å². The van der Waals surface area contributed by atoms with Crippen LogP contribution in [0.3, 0.4) is 0 Å². The molecule has 5 heterocycles. The Morgan fingerprint density at radius 3 is 1.95 bits per heavy atom. The van der Waals surface area contributed by atoms with Gasteiger partial charge in [0.2, 0.25) is 10.0 Å². The number of hydrogen-bond donors (Lipinski definition) is 2. The number of piperidine rings is 1. The molecule has 2 N–H and O–H groups in total. The van der Waals surface area contributed by atoms with Gasteiger partial charge in [-0.3, -0.25) is 14.5 Å². The number of hydrogen-bond acceptors (Lipinski definition) is 8. The van der Waals surface area contributed by atoms with Crippen LogP contribution in [0.4, 0.5) is 0 Å². The molecule has 12 nitrogen and oxygen atoms in total. The van der Waals surface area contributed by atoms with Gasteiger partial charge in [0.25, 0.3) is 11.8 Å². The normalized spacial score (nSPS) is 23.3. The van der Waals surface area contributed by atoms with Crippen LogP contribution >= 0.6 is 0 Å². The van der Waals surface area contributed by atoms with Crippen molar-refractivity contribution in [3.8, 4) is 0 Å². The topological polar surface area (TPSA) is 133 Å². The molecule has 2 saturated heterocycles. The summed E-state index contributed by atoms with van der Waals surface area (Å²) in [4.78, 5) is 29.5. The number of fused-ring (bicyclic) bond motifs is 3. The van der Waals surface area contributed by atoms with Crippen LogP contribution in [0, 0.1) is 0 Å². The number of benzene rings is 2. The summed E-state index contributed by atoms with van der Waals surface area (Å²) in [5.41, 5.74) is 3.92. The van der Waals surface area contributed by atoms with Gasteiger partial charge in [-0.25, -0.2) is 13.1 Å². The van der Waals surface area contributed by atoms with E-state index in [2.05, 4.69) is 53.9 Å². The average Bonchev–Trinajstić information content (AvgIpc) is 3.83. The summed E-state index contributed by atoms with van der Waals surface area (Å²) in [6.45, 7) is 19.0. The molecule has 4 aromatic rings. The molecule has 0 spiro atoms. The van der Waals surface area contributed by atoms with Gasteiger partial charge in [0.1, 0.15) is 18.9 Å². The summed E-state index contributed by atoms with van der Waals surface area (Å²) in [7, 11) is -4.85. The Labute approximate surface area is 332 Å². The van der Waals surface area contributed by atoms with E-state index in [0.717, 1.165) is 27.8 Å². The molecule has 2 aromatic heterocycles. The fraction of sp³-hybridized carbons (Fsp3) is 0.512. The van der Waals surface area contributed by atoms with Crippen LogP contribution < -0.4 is 10.0 Å². The molecule has 0 aliphatic carbocycles. The van der Waals surface area contributed by atoms with Crippen LogP contribution in [0.25, 0.3) is 33.0 Å². The minimum atomic E-state index is -3.54. The van der Waals surface area contributed by atoms with E-state index in [0.29, 0.717) is 54.7 Å². The second kappa shape index (κ2) is 15.1. The second-order valence-electron chi connectivity index (χ2n) is 18.4. The fourth-order valence-corrected chi connectivity index (χ4v) is 13.1.